The van der Waals surface area contributed by atoms with Gasteiger partial charge >= 0.3 is 6.36 Å². The Morgan fingerprint density at radius 2 is 1.59 bits per heavy atom. The minimum absolute atomic E-state index is 0.293. The quantitative estimate of drug-likeness (QED) is 0.624. The summed E-state index contributed by atoms with van der Waals surface area (Å²) in [5, 5.41) is 8.53. The van der Waals surface area contributed by atoms with Gasteiger partial charge in [0.15, 0.2) is 5.82 Å². The highest BCUT2D eigenvalue weighted by Gasteiger charge is 2.50. The molecule has 3 aromatic rings. The summed E-state index contributed by atoms with van der Waals surface area (Å²) in [5.74, 6) is 0.699. The van der Waals surface area contributed by atoms with Crippen molar-refractivity contribution in [1.82, 2.24) is 14.8 Å². The third kappa shape index (κ3) is 3.27. The van der Waals surface area contributed by atoms with Gasteiger partial charge in [-0.2, -0.15) is 0 Å². The van der Waals surface area contributed by atoms with Crippen LogP contribution in [0.25, 0.3) is 11.4 Å². The summed E-state index contributed by atoms with van der Waals surface area (Å²) in [4.78, 5) is 0. The van der Waals surface area contributed by atoms with E-state index in [-0.39, 0.29) is 17.0 Å². The van der Waals surface area contributed by atoms with Gasteiger partial charge in [0, 0.05) is 12.6 Å². The molecule has 0 unspecified atom stereocenters. The Bertz CT molecular complexity index is 958. The van der Waals surface area contributed by atoms with Crippen LogP contribution in [0.15, 0.2) is 48.5 Å². The molecule has 27 heavy (non-hydrogen) atoms. The van der Waals surface area contributed by atoms with Gasteiger partial charge in [0.05, 0.1) is 5.41 Å². The second kappa shape index (κ2) is 6.07. The SMILES string of the molecule is Cn1c(-c2ccc(OC(F)(F)F)cc2)nnc1C1(c2ccc(F)cc2)CC1. The summed E-state index contributed by atoms with van der Waals surface area (Å²) in [6.07, 6.45) is -2.97. The van der Waals surface area contributed by atoms with Crippen LogP contribution in [0.1, 0.15) is 24.2 Å². The molecule has 0 atom stereocenters. The summed E-state index contributed by atoms with van der Waals surface area (Å²) >= 11 is 0. The molecular formula is C19H15F4N3O. The number of aromatic nitrogens is 3. The molecule has 140 valence electrons. The second-order valence-corrected chi connectivity index (χ2v) is 6.57. The third-order valence-corrected chi connectivity index (χ3v) is 4.80. The van der Waals surface area contributed by atoms with Gasteiger partial charge in [0.25, 0.3) is 0 Å². The van der Waals surface area contributed by atoms with Gasteiger partial charge in [-0.3, -0.25) is 0 Å². The van der Waals surface area contributed by atoms with Gasteiger partial charge in [-0.05, 0) is 54.8 Å². The lowest BCUT2D eigenvalue weighted by Gasteiger charge is -2.15. The van der Waals surface area contributed by atoms with E-state index in [1.165, 1.54) is 36.4 Å². The maximum atomic E-state index is 13.2. The Labute approximate surface area is 152 Å². The minimum atomic E-state index is -4.73. The highest BCUT2D eigenvalue weighted by molar-refractivity contribution is 5.57. The highest BCUT2D eigenvalue weighted by Crippen LogP contribution is 2.53. The number of alkyl halides is 3. The summed E-state index contributed by atoms with van der Waals surface area (Å²) in [6.45, 7) is 0. The van der Waals surface area contributed by atoms with Crippen molar-refractivity contribution < 1.29 is 22.3 Å². The number of ether oxygens (including phenoxy) is 1. The number of nitrogens with zero attached hydrogens (tertiary/aromatic N) is 3. The average molecular weight is 377 g/mol. The zero-order valence-corrected chi connectivity index (χ0v) is 14.3. The van der Waals surface area contributed by atoms with Crippen molar-refractivity contribution >= 4 is 0 Å². The van der Waals surface area contributed by atoms with Gasteiger partial charge in [-0.1, -0.05) is 12.1 Å². The number of halogens is 4. The lowest BCUT2D eigenvalue weighted by atomic mass is 9.95. The predicted molar refractivity (Wildman–Crippen MR) is 89.5 cm³/mol. The van der Waals surface area contributed by atoms with Crippen LogP contribution in [0, 0.1) is 5.82 Å². The summed E-state index contributed by atoms with van der Waals surface area (Å²) < 4.78 is 55.8. The van der Waals surface area contributed by atoms with Crippen molar-refractivity contribution in [2.75, 3.05) is 0 Å². The van der Waals surface area contributed by atoms with E-state index >= 15 is 0 Å². The molecule has 0 radical (unpaired) electrons. The summed E-state index contributed by atoms with van der Waals surface area (Å²) in [5.41, 5.74) is 1.30. The molecule has 0 bridgehead atoms. The fourth-order valence-corrected chi connectivity index (χ4v) is 3.34. The maximum Gasteiger partial charge on any atom is 0.573 e. The van der Waals surface area contributed by atoms with Crippen LogP contribution < -0.4 is 4.74 Å². The van der Waals surface area contributed by atoms with Gasteiger partial charge in [0.1, 0.15) is 17.4 Å². The first-order valence-corrected chi connectivity index (χ1v) is 8.31. The summed E-state index contributed by atoms with van der Waals surface area (Å²) in [6, 6.07) is 11.8. The van der Waals surface area contributed by atoms with E-state index in [0.717, 1.165) is 24.2 Å². The molecule has 1 aliphatic carbocycles. The zero-order chi connectivity index (χ0) is 19.2. The van der Waals surface area contributed by atoms with Crippen LogP contribution in [-0.2, 0) is 12.5 Å². The fourth-order valence-electron chi connectivity index (χ4n) is 3.34. The summed E-state index contributed by atoms with van der Waals surface area (Å²) in [7, 11) is 1.81. The van der Waals surface area contributed by atoms with E-state index in [2.05, 4.69) is 14.9 Å². The Hall–Kier alpha value is -2.90. The zero-order valence-electron chi connectivity index (χ0n) is 14.3. The predicted octanol–water partition coefficient (Wildman–Crippen LogP) is 4.60. The Balaban J connectivity index is 1.64. The number of hydrogen-bond acceptors (Lipinski definition) is 3. The largest absolute Gasteiger partial charge is 0.573 e. The average Bonchev–Trinajstić information content (AvgIpc) is 3.32. The van der Waals surface area contributed by atoms with Crippen LogP contribution >= 0.6 is 0 Å². The molecule has 1 saturated carbocycles. The van der Waals surface area contributed by atoms with Crippen molar-refractivity contribution in [3.63, 3.8) is 0 Å². The Morgan fingerprint density at radius 1 is 0.963 bits per heavy atom. The number of benzene rings is 2. The van der Waals surface area contributed by atoms with E-state index in [0.29, 0.717) is 11.4 Å². The lowest BCUT2D eigenvalue weighted by molar-refractivity contribution is -0.274. The first kappa shape index (κ1) is 17.5. The third-order valence-electron chi connectivity index (χ3n) is 4.80. The molecule has 4 rings (SSSR count). The molecule has 0 N–H and O–H groups in total. The topological polar surface area (TPSA) is 39.9 Å². The van der Waals surface area contributed by atoms with E-state index < -0.39 is 6.36 Å². The van der Waals surface area contributed by atoms with Crippen molar-refractivity contribution in [2.24, 2.45) is 7.05 Å². The molecule has 0 saturated heterocycles. The number of rotatable bonds is 4. The Kier molecular flexibility index (Phi) is 3.94. The molecule has 1 aromatic heterocycles. The van der Waals surface area contributed by atoms with Crippen LogP contribution in [0.3, 0.4) is 0 Å². The molecular weight excluding hydrogens is 362 g/mol. The lowest BCUT2D eigenvalue weighted by Crippen LogP contribution is -2.17. The molecule has 4 nitrogen and oxygen atoms in total. The van der Waals surface area contributed by atoms with Crippen LogP contribution in [0.2, 0.25) is 0 Å². The molecule has 1 aliphatic rings. The first-order valence-electron chi connectivity index (χ1n) is 8.31. The molecule has 8 heteroatoms. The van der Waals surface area contributed by atoms with Crippen molar-refractivity contribution in [1.29, 1.82) is 0 Å². The monoisotopic (exact) mass is 377 g/mol. The molecule has 1 heterocycles. The first-order chi connectivity index (χ1) is 12.8. The minimum Gasteiger partial charge on any atom is -0.406 e. The van der Waals surface area contributed by atoms with Crippen LogP contribution in [0.5, 0.6) is 5.75 Å². The molecule has 1 fully saturated rings. The normalized spacial score (nSPS) is 15.6. The van der Waals surface area contributed by atoms with Crippen molar-refractivity contribution in [3.05, 3.63) is 65.7 Å². The number of hydrogen-bond donors (Lipinski definition) is 0. The molecule has 0 aliphatic heterocycles. The maximum absolute atomic E-state index is 13.2. The highest BCUT2D eigenvalue weighted by atomic mass is 19.4. The fraction of sp³-hybridized carbons (Fsp3) is 0.263. The standard InChI is InChI=1S/C19H15F4N3O/c1-26-16(12-2-8-15(9-3-12)27-19(21,22)23)24-25-17(26)18(10-11-18)13-4-6-14(20)7-5-13/h2-9H,10-11H2,1H3. The smallest absolute Gasteiger partial charge is 0.406 e. The van der Waals surface area contributed by atoms with E-state index in [4.69, 9.17) is 0 Å². The molecule has 0 spiro atoms. The van der Waals surface area contributed by atoms with Gasteiger partial charge in [-0.15, -0.1) is 23.4 Å². The van der Waals surface area contributed by atoms with Gasteiger partial charge < -0.3 is 9.30 Å². The van der Waals surface area contributed by atoms with Gasteiger partial charge in [0.2, 0.25) is 0 Å². The van der Waals surface area contributed by atoms with Crippen LogP contribution in [-0.4, -0.2) is 21.1 Å². The van der Waals surface area contributed by atoms with Crippen molar-refractivity contribution in [3.8, 4) is 17.1 Å². The molecule has 0 amide bonds. The van der Waals surface area contributed by atoms with Crippen molar-refractivity contribution in [2.45, 2.75) is 24.6 Å². The van der Waals surface area contributed by atoms with E-state index in [9.17, 15) is 17.6 Å². The van der Waals surface area contributed by atoms with E-state index in [1.807, 2.05) is 11.6 Å². The molecule has 2 aromatic carbocycles. The van der Waals surface area contributed by atoms with Crippen LogP contribution in [0.4, 0.5) is 17.6 Å². The van der Waals surface area contributed by atoms with Gasteiger partial charge in [-0.25, -0.2) is 4.39 Å². The second-order valence-electron chi connectivity index (χ2n) is 6.57. The van der Waals surface area contributed by atoms with E-state index in [1.54, 1.807) is 12.1 Å². The Morgan fingerprint density at radius 3 is 2.15 bits per heavy atom.